The van der Waals surface area contributed by atoms with E-state index in [-0.39, 0.29) is 28.3 Å². The molecule has 0 unspecified atom stereocenters. The number of rotatable bonds is 9. The minimum Gasteiger partial charge on any atom is -0.381 e. The number of ether oxygens (including phenoxy) is 1. The molecule has 5 fully saturated rings. The van der Waals surface area contributed by atoms with Gasteiger partial charge in [0.15, 0.2) is 11.6 Å². The van der Waals surface area contributed by atoms with Gasteiger partial charge in [-0.05, 0) is 93.7 Å². The standard InChI is InChI=1S/C33H43N5O4/c1-31(2,3)29-35-30(42-37-29)33-13-10-32(11-14-33,12-15-33)20-38(26(39)18-21-16-25(17-21)40-4)24-7-5-6-23(19-24)28-34-27(36-41-28)22-8-9-22/h5-7,19,21-22,25H,8-18,20H2,1-4H3. The van der Waals surface area contributed by atoms with Crippen LogP contribution in [0.2, 0.25) is 0 Å². The number of hydrogen-bond acceptors (Lipinski definition) is 8. The molecular weight excluding hydrogens is 530 g/mol. The lowest BCUT2D eigenvalue weighted by Gasteiger charge is -2.53. The molecule has 5 aliphatic rings. The molecule has 5 aliphatic carbocycles. The average molecular weight is 574 g/mol. The van der Waals surface area contributed by atoms with Gasteiger partial charge in [-0.3, -0.25) is 4.79 Å². The van der Waals surface area contributed by atoms with Crippen LogP contribution in [-0.4, -0.2) is 45.9 Å². The Morgan fingerprint density at radius 2 is 1.76 bits per heavy atom. The Kier molecular flexibility index (Phi) is 6.79. The summed E-state index contributed by atoms with van der Waals surface area (Å²) in [5.41, 5.74) is 1.69. The molecule has 224 valence electrons. The lowest BCUT2D eigenvalue weighted by Crippen LogP contribution is -2.51. The molecule has 9 heteroatoms. The molecule has 3 aromatic rings. The second kappa shape index (κ2) is 10.3. The number of fused-ring (bicyclic) bond motifs is 3. The van der Waals surface area contributed by atoms with E-state index in [4.69, 9.17) is 18.8 Å². The Morgan fingerprint density at radius 3 is 2.40 bits per heavy atom. The van der Waals surface area contributed by atoms with Crippen LogP contribution in [0.25, 0.3) is 11.5 Å². The summed E-state index contributed by atoms with van der Waals surface area (Å²) in [4.78, 5) is 25.6. The van der Waals surface area contributed by atoms with Crippen LogP contribution in [0.5, 0.6) is 0 Å². The van der Waals surface area contributed by atoms with E-state index < -0.39 is 0 Å². The summed E-state index contributed by atoms with van der Waals surface area (Å²) in [5, 5.41) is 8.55. The zero-order valence-electron chi connectivity index (χ0n) is 25.4. The van der Waals surface area contributed by atoms with Crippen LogP contribution in [0.4, 0.5) is 5.69 Å². The third-order valence-corrected chi connectivity index (χ3v) is 10.5. The lowest BCUT2D eigenvalue weighted by atomic mass is 9.53. The summed E-state index contributed by atoms with van der Waals surface area (Å²) in [6.45, 7) is 7.09. The maximum Gasteiger partial charge on any atom is 0.258 e. The van der Waals surface area contributed by atoms with E-state index in [0.717, 1.165) is 99.5 Å². The minimum atomic E-state index is -0.134. The summed E-state index contributed by atoms with van der Waals surface area (Å²) in [5.74, 6) is 3.91. The molecule has 2 aromatic heterocycles. The van der Waals surface area contributed by atoms with Gasteiger partial charge in [0.1, 0.15) is 0 Å². The van der Waals surface area contributed by atoms with Gasteiger partial charge in [0.25, 0.3) is 5.89 Å². The van der Waals surface area contributed by atoms with Gasteiger partial charge in [0.05, 0.1) is 6.10 Å². The maximum atomic E-state index is 14.0. The van der Waals surface area contributed by atoms with Crippen LogP contribution >= 0.6 is 0 Å². The second-order valence-electron chi connectivity index (χ2n) is 14.6. The zero-order valence-corrected chi connectivity index (χ0v) is 25.4. The van der Waals surface area contributed by atoms with Crippen molar-refractivity contribution in [1.82, 2.24) is 20.3 Å². The van der Waals surface area contributed by atoms with Crippen molar-refractivity contribution in [3.63, 3.8) is 0 Å². The van der Waals surface area contributed by atoms with Crippen LogP contribution in [0.15, 0.2) is 33.3 Å². The highest BCUT2D eigenvalue weighted by molar-refractivity contribution is 5.94. The Balaban J connectivity index is 1.12. The fourth-order valence-electron chi connectivity index (χ4n) is 7.28. The molecule has 0 spiro atoms. The highest BCUT2D eigenvalue weighted by atomic mass is 16.5. The minimum absolute atomic E-state index is 0.0364. The first kappa shape index (κ1) is 27.7. The third-order valence-electron chi connectivity index (χ3n) is 10.5. The van der Waals surface area contributed by atoms with Gasteiger partial charge in [-0.1, -0.05) is 37.2 Å². The number of benzene rings is 1. The Hall–Kier alpha value is -3.07. The molecular formula is C33H43N5O4. The summed E-state index contributed by atoms with van der Waals surface area (Å²) in [6.07, 6.45) is 11.2. The van der Waals surface area contributed by atoms with Crippen molar-refractivity contribution in [2.75, 3.05) is 18.6 Å². The van der Waals surface area contributed by atoms with Crippen LogP contribution in [0, 0.1) is 11.3 Å². The molecule has 0 saturated heterocycles. The monoisotopic (exact) mass is 573 g/mol. The number of methoxy groups -OCH3 is 1. The number of carbonyl (C=O) groups excluding carboxylic acids is 1. The van der Waals surface area contributed by atoms with Gasteiger partial charge >= 0.3 is 0 Å². The van der Waals surface area contributed by atoms with Crippen molar-refractivity contribution in [2.45, 2.75) is 114 Å². The van der Waals surface area contributed by atoms with Crippen LogP contribution < -0.4 is 4.90 Å². The van der Waals surface area contributed by atoms with E-state index in [2.05, 4.69) is 53.1 Å². The Labute approximate surface area is 247 Å². The molecule has 8 rings (SSSR count). The number of nitrogens with zero attached hydrogens (tertiary/aromatic N) is 5. The average Bonchev–Trinajstić information content (AvgIpc) is 3.46. The van der Waals surface area contributed by atoms with Crippen molar-refractivity contribution in [3.05, 3.63) is 41.8 Å². The molecule has 2 heterocycles. The highest BCUT2D eigenvalue weighted by Crippen LogP contribution is 2.58. The lowest BCUT2D eigenvalue weighted by molar-refractivity contribution is -0.122. The van der Waals surface area contributed by atoms with Gasteiger partial charge in [0, 0.05) is 48.1 Å². The first-order chi connectivity index (χ1) is 20.2. The third kappa shape index (κ3) is 5.18. The van der Waals surface area contributed by atoms with E-state index in [1.165, 1.54) is 0 Å². The summed E-state index contributed by atoms with van der Waals surface area (Å²) in [6, 6.07) is 8.11. The smallest absolute Gasteiger partial charge is 0.258 e. The second-order valence-corrected chi connectivity index (χ2v) is 14.6. The number of carbonyl (C=O) groups is 1. The molecule has 1 amide bonds. The first-order valence-electron chi connectivity index (χ1n) is 15.8. The fourth-order valence-corrected chi connectivity index (χ4v) is 7.28. The predicted molar refractivity (Wildman–Crippen MR) is 157 cm³/mol. The topological polar surface area (TPSA) is 107 Å². The Morgan fingerprint density at radius 1 is 1.02 bits per heavy atom. The van der Waals surface area contributed by atoms with Gasteiger partial charge in [-0.25, -0.2) is 0 Å². The normalized spacial score (nSPS) is 29.0. The van der Waals surface area contributed by atoms with E-state index in [9.17, 15) is 4.79 Å². The van der Waals surface area contributed by atoms with Crippen LogP contribution in [0.1, 0.15) is 115 Å². The van der Waals surface area contributed by atoms with E-state index in [0.29, 0.717) is 24.1 Å². The van der Waals surface area contributed by atoms with Crippen LogP contribution in [-0.2, 0) is 20.4 Å². The van der Waals surface area contributed by atoms with Crippen LogP contribution in [0.3, 0.4) is 0 Å². The van der Waals surface area contributed by atoms with E-state index in [1.807, 2.05) is 12.1 Å². The summed E-state index contributed by atoms with van der Waals surface area (Å²) in [7, 11) is 1.76. The Bertz CT molecular complexity index is 1420. The van der Waals surface area contributed by atoms with E-state index in [1.54, 1.807) is 7.11 Å². The number of anilines is 1. The van der Waals surface area contributed by atoms with Gasteiger partial charge in [0.2, 0.25) is 11.8 Å². The van der Waals surface area contributed by atoms with Crippen molar-refractivity contribution < 1.29 is 18.6 Å². The molecule has 2 bridgehead atoms. The van der Waals surface area contributed by atoms with Gasteiger partial charge in [-0.2, -0.15) is 9.97 Å². The molecule has 0 atom stereocenters. The molecule has 1 aromatic carbocycles. The number of aromatic nitrogens is 4. The predicted octanol–water partition coefficient (Wildman–Crippen LogP) is 6.73. The summed E-state index contributed by atoms with van der Waals surface area (Å²) >= 11 is 0. The molecule has 0 aliphatic heterocycles. The quantitative estimate of drug-likeness (QED) is 0.277. The maximum absolute atomic E-state index is 14.0. The van der Waals surface area contributed by atoms with Gasteiger partial charge in [-0.15, -0.1) is 0 Å². The first-order valence-corrected chi connectivity index (χ1v) is 15.8. The highest BCUT2D eigenvalue weighted by Gasteiger charge is 2.53. The number of amides is 1. The summed E-state index contributed by atoms with van der Waals surface area (Å²) < 4.78 is 17.0. The van der Waals surface area contributed by atoms with Crippen molar-refractivity contribution in [2.24, 2.45) is 11.3 Å². The fraction of sp³-hybridized carbons (Fsp3) is 0.667. The molecule has 9 nitrogen and oxygen atoms in total. The molecule has 5 saturated carbocycles. The van der Waals surface area contributed by atoms with Crippen molar-refractivity contribution in [1.29, 1.82) is 0 Å². The SMILES string of the molecule is COC1CC(CC(=O)N(CC23CCC(c4nc(C(C)(C)C)no4)(CC2)CC3)c2cccc(-c3nc(C4CC4)no3)c2)C1. The molecule has 42 heavy (non-hydrogen) atoms. The largest absolute Gasteiger partial charge is 0.381 e. The van der Waals surface area contributed by atoms with Crippen molar-refractivity contribution >= 4 is 11.6 Å². The molecule has 0 N–H and O–H groups in total. The van der Waals surface area contributed by atoms with Crippen molar-refractivity contribution in [3.8, 4) is 11.5 Å². The molecule has 0 radical (unpaired) electrons. The number of hydrogen-bond donors (Lipinski definition) is 0. The van der Waals surface area contributed by atoms with E-state index >= 15 is 0 Å². The zero-order chi connectivity index (χ0) is 29.1. The van der Waals surface area contributed by atoms with Gasteiger partial charge < -0.3 is 18.7 Å².